The SMILES string of the molecule is Cc1cc(OC/C(F)=C/C(C)(C)C)c(C)cc1N. The molecule has 0 amide bonds. The van der Waals surface area contributed by atoms with E-state index in [2.05, 4.69) is 0 Å². The van der Waals surface area contributed by atoms with Crippen molar-refractivity contribution in [3.8, 4) is 5.75 Å². The molecule has 0 unspecified atom stereocenters. The number of nitrogen functional groups attached to an aromatic ring is 1. The first-order chi connectivity index (χ1) is 8.19. The number of benzene rings is 1. The summed E-state index contributed by atoms with van der Waals surface area (Å²) in [7, 11) is 0. The molecule has 0 aromatic heterocycles. The Bertz CT molecular complexity index is 458. The molecule has 0 heterocycles. The molecule has 0 aliphatic rings. The third-order valence-corrected chi connectivity index (χ3v) is 2.52. The number of aryl methyl sites for hydroxylation is 2. The Balaban J connectivity index is 2.76. The molecule has 2 N–H and O–H groups in total. The molecular formula is C15H22FNO. The normalized spacial score (nSPS) is 12.7. The number of nitrogens with two attached hydrogens (primary N) is 1. The zero-order chi connectivity index (χ0) is 13.9. The lowest BCUT2D eigenvalue weighted by atomic mass is 9.96. The van der Waals surface area contributed by atoms with Crippen LogP contribution in [0.4, 0.5) is 10.1 Å². The average molecular weight is 251 g/mol. The Morgan fingerprint density at radius 2 is 1.89 bits per heavy atom. The standard InChI is InChI=1S/C15H22FNO/c1-10-7-14(11(2)6-13(10)17)18-9-12(16)8-15(3,4)5/h6-8H,9,17H2,1-5H3/b12-8-. The van der Waals surface area contributed by atoms with Crippen molar-refractivity contribution < 1.29 is 9.13 Å². The van der Waals surface area contributed by atoms with Gasteiger partial charge in [0.2, 0.25) is 0 Å². The average Bonchev–Trinajstić information content (AvgIpc) is 2.19. The first-order valence-electron chi connectivity index (χ1n) is 6.06. The summed E-state index contributed by atoms with van der Waals surface area (Å²) in [6, 6.07) is 3.69. The number of hydrogen-bond donors (Lipinski definition) is 1. The van der Waals surface area contributed by atoms with Crippen LogP contribution in [0.1, 0.15) is 31.9 Å². The van der Waals surface area contributed by atoms with Crippen molar-refractivity contribution in [1.29, 1.82) is 0 Å². The maximum Gasteiger partial charge on any atom is 0.139 e. The van der Waals surface area contributed by atoms with Gasteiger partial charge in [0, 0.05) is 5.69 Å². The summed E-state index contributed by atoms with van der Waals surface area (Å²) in [5.74, 6) is 0.426. The number of halogens is 1. The van der Waals surface area contributed by atoms with Gasteiger partial charge in [-0.1, -0.05) is 20.8 Å². The van der Waals surface area contributed by atoms with E-state index in [1.54, 1.807) is 6.08 Å². The fourth-order valence-electron chi connectivity index (χ4n) is 1.63. The Morgan fingerprint density at radius 3 is 2.44 bits per heavy atom. The summed E-state index contributed by atoms with van der Waals surface area (Å²) in [5, 5.41) is 0. The summed E-state index contributed by atoms with van der Waals surface area (Å²) in [4.78, 5) is 0. The van der Waals surface area contributed by atoms with Gasteiger partial charge in [0.25, 0.3) is 0 Å². The molecule has 0 bridgehead atoms. The summed E-state index contributed by atoms with van der Waals surface area (Å²) in [6.07, 6.45) is 1.58. The minimum absolute atomic E-state index is 0.0402. The second-order valence-electron chi connectivity index (χ2n) is 5.72. The van der Waals surface area contributed by atoms with Crippen molar-refractivity contribution in [1.82, 2.24) is 0 Å². The minimum atomic E-state index is -0.253. The van der Waals surface area contributed by atoms with E-state index in [0.29, 0.717) is 5.75 Å². The number of anilines is 1. The summed E-state index contributed by atoms with van der Waals surface area (Å²) < 4.78 is 19.1. The molecule has 1 aromatic carbocycles. The van der Waals surface area contributed by atoms with Crippen LogP contribution in [0, 0.1) is 19.3 Å². The molecule has 100 valence electrons. The number of allylic oxidation sites excluding steroid dienone is 1. The summed E-state index contributed by atoms with van der Waals surface area (Å²) in [5.41, 5.74) is 8.19. The topological polar surface area (TPSA) is 35.2 Å². The predicted octanol–water partition coefficient (Wildman–Crippen LogP) is 4.16. The van der Waals surface area contributed by atoms with Crippen LogP contribution in [-0.2, 0) is 0 Å². The van der Waals surface area contributed by atoms with Gasteiger partial charge in [-0.2, -0.15) is 0 Å². The van der Waals surface area contributed by atoms with Crippen LogP contribution in [-0.4, -0.2) is 6.61 Å². The second-order valence-corrected chi connectivity index (χ2v) is 5.72. The quantitative estimate of drug-likeness (QED) is 0.818. The molecule has 0 radical (unpaired) electrons. The Kier molecular flexibility index (Phi) is 4.38. The fourth-order valence-corrected chi connectivity index (χ4v) is 1.63. The molecule has 0 aliphatic heterocycles. The number of rotatable bonds is 3. The highest BCUT2D eigenvalue weighted by Crippen LogP contribution is 2.25. The molecular weight excluding hydrogens is 229 g/mol. The zero-order valence-electron chi connectivity index (χ0n) is 11.8. The van der Waals surface area contributed by atoms with Crippen LogP contribution in [0.25, 0.3) is 0 Å². The molecule has 0 atom stereocenters. The lowest BCUT2D eigenvalue weighted by molar-refractivity contribution is 0.311. The van der Waals surface area contributed by atoms with Crippen molar-refractivity contribution in [3.63, 3.8) is 0 Å². The number of hydrogen-bond acceptors (Lipinski definition) is 2. The summed E-state index contributed by atoms with van der Waals surface area (Å²) >= 11 is 0. The van der Waals surface area contributed by atoms with E-state index in [-0.39, 0.29) is 17.8 Å². The molecule has 18 heavy (non-hydrogen) atoms. The molecule has 0 saturated heterocycles. The van der Waals surface area contributed by atoms with Gasteiger partial charge < -0.3 is 10.5 Å². The van der Waals surface area contributed by atoms with Crippen molar-refractivity contribution in [2.24, 2.45) is 5.41 Å². The van der Waals surface area contributed by atoms with Gasteiger partial charge >= 0.3 is 0 Å². The molecule has 0 saturated carbocycles. The number of ether oxygens (including phenoxy) is 1. The van der Waals surface area contributed by atoms with Gasteiger partial charge in [0.05, 0.1) is 0 Å². The van der Waals surface area contributed by atoms with Gasteiger partial charge in [-0.15, -0.1) is 0 Å². The monoisotopic (exact) mass is 251 g/mol. The third-order valence-electron chi connectivity index (χ3n) is 2.52. The van der Waals surface area contributed by atoms with Crippen molar-refractivity contribution in [2.75, 3.05) is 12.3 Å². The van der Waals surface area contributed by atoms with E-state index >= 15 is 0 Å². The first kappa shape index (κ1) is 14.6. The van der Waals surface area contributed by atoms with E-state index in [1.807, 2.05) is 46.8 Å². The van der Waals surface area contributed by atoms with E-state index in [0.717, 1.165) is 16.8 Å². The van der Waals surface area contributed by atoms with Crippen LogP contribution in [0.5, 0.6) is 5.75 Å². The largest absolute Gasteiger partial charge is 0.486 e. The lowest BCUT2D eigenvalue weighted by Gasteiger charge is -2.14. The van der Waals surface area contributed by atoms with Crippen LogP contribution >= 0.6 is 0 Å². The first-order valence-corrected chi connectivity index (χ1v) is 6.06. The molecule has 0 aliphatic carbocycles. The van der Waals surface area contributed by atoms with Crippen molar-refractivity contribution in [3.05, 3.63) is 35.2 Å². The van der Waals surface area contributed by atoms with E-state index in [4.69, 9.17) is 10.5 Å². The van der Waals surface area contributed by atoms with Gasteiger partial charge in [-0.25, -0.2) is 4.39 Å². The molecule has 1 rings (SSSR count). The highest BCUT2D eigenvalue weighted by Gasteiger charge is 2.10. The van der Waals surface area contributed by atoms with Gasteiger partial charge in [-0.05, 0) is 48.6 Å². The molecule has 1 aromatic rings. The maximum atomic E-state index is 13.6. The summed E-state index contributed by atoms with van der Waals surface area (Å²) in [6.45, 7) is 9.61. The Morgan fingerprint density at radius 1 is 1.28 bits per heavy atom. The fraction of sp³-hybridized carbons (Fsp3) is 0.467. The molecule has 0 fully saturated rings. The van der Waals surface area contributed by atoms with Crippen LogP contribution in [0.2, 0.25) is 0 Å². The Labute approximate surface area is 109 Å². The molecule has 2 nitrogen and oxygen atoms in total. The van der Waals surface area contributed by atoms with Crippen LogP contribution in [0.15, 0.2) is 24.0 Å². The van der Waals surface area contributed by atoms with Crippen LogP contribution < -0.4 is 10.5 Å². The van der Waals surface area contributed by atoms with E-state index in [9.17, 15) is 4.39 Å². The molecule has 0 spiro atoms. The lowest BCUT2D eigenvalue weighted by Crippen LogP contribution is -2.05. The van der Waals surface area contributed by atoms with Gasteiger partial charge in [-0.3, -0.25) is 0 Å². The third kappa shape index (κ3) is 4.40. The van der Waals surface area contributed by atoms with Crippen molar-refractivity contribution in [2.45, 2.75) is 34.6 Å². The highest BCUT2D eigenvalue weighted by atomic mass is 19.1. The van der Waals surface area contributed by atoms with Gasteiger partial charge in [0.15, 0.2) is 0 Å². The Hall–Kier alpha value is -1.51. The smallest absolute Gasteiger partial charge is 0.139 e. The van der Waals surface area contributed by atoms with Crippen molar-refractivity contribution >= 4 is 5.69 Å². The maximum absolute atomic E-state index is 13.6. The van der Waals surface area contributed by atoms with Gasteiger partial charge in [0.1, 0.15) is 18.2 Å². The second kappa shape index (κ2) is 5.42. The van der Waals surface area contributed by atoms with E-state index in [1.165, 1.54) is 0 Å². The highest BCUT2D eigenvalue weighted by molar-refractivity contribution is 5.53. The van der Waals surface area contributed by atoms with E-state index < -0.39 is 0 Å². The predicted molar refractivity (Wildman–Crippen MR) is 74.5 cm³/mol. The minimum Gasteiger partial charge on any atom is -0.486 e. The molecule has 3 heteroatoms. The zero-order valence-corrected chi connectivity index (χ0v) is 11.8. The van der Waals surface area contributed by atoms with Crippen LogP contribution in [0.3, 0.4) is 0 Å².